The highest BCUT2D eigenvalue weighted by Crippen LogP contribution is 2.47. The normalized spacial score (nSPS) is 11.2. The van der Waals surface area contributed by atoms with Crippen molar-refractivity contribution in [2.24, 2.45) is 0 Å². The molecule has 0 N–H and O–H groups in total. The highest BCUT2D eigenvalue weighted by atomic mass is 16.3. The summed E-state index contributed by atoms with van der Waals surface area (Å²) in [5.74, 6) is 0. The van der Waals surface area contributed by atoms with E-state index in [0.717, 1.165) is 88.3 Å². The van der Waals surface area contributed by atoms with Crippen molar-refractivity contribution in [2.75, 3.05) is 0 Å². The quantitative estimate of drug-likeness (QED) is 0.182. The number of aromatic nitrogens is 2. The third kappa shape index (κ3) is 4.69. The van der Waals surface area contributed by atoms with Crippen LogP contribution in [0.25, 0.3) is 88.3 Å². The van der Waals surface area contributed by atoms with Gasteiger partial charge in [0, 0.05) is 34.3 Å². The molecule has 0 radical (unpaired) electrons. The molecule has 0 aliphatic carbocycles. The molecule has 5 heteroatoms. The minimum absolute atomic E-state index is 0.569. The predicted octanol–water partition coefficient (Wildman–Crippen LogP) is 11.1. The van der Waals surface area contributed by atoms with Crippen molar-refractivity contribution >= 4 is 43.5 Å². The van der Waals surface area contributed by atoms with Gasteiger partial charge in [0.2, 0.25) is 0 Å². The lowest BCUT2D eigenvalue weighted by molar-refractivity contribution is 0.669. The highest BCUT2D eigenvalue weighted by Gasteiger charge is 2.20. The van der Waals surface area contributed by atoms with E-state index in [4.69, 9.17) is 4.42 Å². The van der Waals surface area contributed by atoms with Crippen LogP contribution in [-0.2, 0) is 0 Å². The summed E-state index contributed by atoms with van der Waals surface area (Å²) in [6, 6.07) is 49.5. The molecule has 49 heavy (non-hydrogen) atoms. The van der Waals surface area contributed by atoms with Gasteiger partial charge in [-0.05, 0) is 98.4 Å². The van der Waals surface area contributed by atoms with Crippen molar-refractivity contribution in [3.63, 3.8) is 0 Å². The lowest BCUT2D eigenvalue weighted by Gasteiger charge is -2.19. The minimum atomic E-state index is 0.569. The SMILES string of the molecule is N#Cc1ccnc(-c2cccc(-c3c4ccccc4c(-c4cccc(-c5cc(C#N)ccn5)c4)c4cc5c(cc34)oc3ccccc35)c2)c1. The Kier molecular flexibility index (Phi) is 6.50. The zero-order valence-electron chi connectivity index (χ0n) is 26.1. The molecule has 9 aromatic rings. The van der Waals surface area contributed by atoms with Crippen molar-refractivity contribution in [1.29, 1.82) is 10.5 Å². The van der Waals surface area contributed by atoms with Gasteiger partial charge in [-0.3, -0.25) is 9.97 Å². The lowest BCUT2D eigenvalue weighted by atomic mass is 9.84. The summed E-state index contributed by atoms with van der Waals surface area (Å²) in [4.78, 5) is 9.19. The predicted molar refractivity (Wildman–Crippen MR) is 195 cm³/mol. The fourth-order valence-electron chi connectivity index (χ4n) is 7.00. The fourth-order valence-corrected chi connectivity index (χ4v) is 7.00. The van der Waals surface area contributed by atoms with Crippen LogP contribution in [0, 0.1) is 22.7 Å². The first kappa shape index (κ1) is 28.2. The molecule has 5 nitrogen and oxygen atoms in total. The van der Waals surface area contributed by atoms with Crippen LogP contribution in [0.2, 0.25) is 0 Å². The number of hydrogen-bond donors (Lipinski definition) is 0. The molecular weight excluding hydrogens is 601 g/mol. The van der Waals surface area contributed by atoms with Crippen LogP contribution in [0.5, 0.6) is 0 Å². The first-order chi connectivity index (χ1) is 24.2. The average molecular weight is 625 g/mol. The largest absolute Gasteiger partial charge is 0.456 e. The molecule has 0 unspecified atom stereocenters. The van der Waals surface area contributed by atoms with Crippen molar-refractivity contribution in [1.82, 2.24) is 9.97 Å². The van der Waals surface area contributed by atoms with E-state index >= 15 is 0 Å². The van der Waals surface area contributed by atoms with Crippen LogP contribution in [0.3, 0.4) is 0 Å². The molecule has 0 aliphatic heterocycles. The van der Waals surface area contributed by atoms with Crippen LogP contribution in [0.1, 0.15) is 11.1 Å². The Morgan fingerprint density at radius 1 is 0.408 bits per heavy atom. The van der Waals surface area contributed by atoms with Crippen LogP contribution < -0.4 is 0 Å². The van der Waals surface area contributed by atoms with Crippen molar-refractivity contribution < 1.29 is 4.42 Å². The number of nitrogens with zero attached hydrogens (tertiary/aromatic N) is 4. The number of para-hydroxylation sites is 1. The fraction of sp³-hybridized carbons (Fsp3) is 0. The van der Waals surface area contributed by atoms with Crippen LogP contribution in [0.4, 0.5) is 0 Å². The maximum atomic E-state index is 9.55. The second-order valence-corrected chi connectivity index (χ2v) is 12.0. The van der Waals surface area contributed by atoms with Crippen LogP contribution >= 0.6 is 0 Å². The Balaban J connectivity index is 1.38. The average Bonchev–Trinajstić information content (AvgIpc) is 3.53. The van der Waals surface area contributed by atoms with E-state index in [0.29, 0.717) is 11.1 Å². The first-order valence-corrected chi connectivity index (χ1v) is 15.9. The van der Waals surface area contributed by atoms with Gasteiger partial charge >= 0.3 is 0 Å². The van der Waals surface area contributed by atoms with Gasteiger partial charge in [-0.25, -0.2) is 0 Å². The smallest absolute Gasteiger partial charge is 0.136 e. The molecule has 3 heterocycles. The van der Waals surface area contributed by atoms with E-state index in [1.807, 2.05) is 48.5 Å². The molecular formula is C44H24N4O. The summed E-state index contributed by atoms with van der Waals surface area (Å²) < 4.78 is 6.45. The van der Waals surface area contributed by atoms with Crippen molar-refractivity contribution in [2.45, 2.75) is 0 Å². The molecule has 9 rings (SSSR count). The van der Waals surface area contributed by atoms with E-state index in [2.05, 4.69) is 94.9 Å². The Bertz CT molecular complexity index is 2870. The Labute approximate surface area is 281 Å². The van der Waals surface area contributed by atoms with Crippen molar-refractivity contribution in [3.05, 3.63) is 157 Å². The number of nitriles is 2. The summed E-state index contributed by atoms with van der Waals surface area (Å²) in [5.41, 5.74) is 10.5. The van der Waals surface area contributed by atoms with E-state index in [-0.39, 0.29) is 0 Å². The Morgan fingerprint density at radius 2 is 0.918 bits per heavy atom. The van der Waals surface area contributed by atoms with Gasteiger partial charge in [0.15, 0.2) is 0 Å². The number of rotatable bonds is 4. The van der Waals surface area contributed by atoms with E-state index in [1.165, 1.54) is 0 Å². The van der Waals surface area contributed by atoms with Gasteiger partial charge in [0.1, 0.15) is 11.2 Å². The molecule has 0 amide bonds. The molecule has 6 aromatic carbocycles. The zero-order valence-corrected chi connectivity index (χ0v) is 26.1. The second kappa shape index (κ2) is 11.3. The van der Waals surface area contributed by atoms with Gasteiger partial charge in [-0.2, -0.15) is 10.5 Å². The third-order valence-electron chi connectivity index (χ3n) is 9.19. The summed E-state index contributed by atoms with van der Waals surface area (Å²) in [6.07, 6.45) is 3.36. The summed E-state index contributed by atoms with van der Waals surface area (Å²) in [7, 11) is 0. The van der Waals surface area contributed by atoms with Gasteiger partial charge in [0.25, 0.3) is 0 Å². The van der Waals surface area contributed by atoms with Crippen molar-refractivity contribution in [3.8, 4) is 56.9 Å². The van der Waals surface area contributed by atoms with E-state index in [9.17, 15) is 10.5 Å². The maximum absolute atomic E-state index is 9.55. The number of pyridine rings is 2. The summed E-state index contributed by atoms with van der Waals surface area (Å²) in [6.45, 7) is 0. The standard InChI is InChI=1S/C44H24N4O/c45-25-27-15-17-47-39(19-27)29-7-5-9-31(21-29)43-34-12-1-2-13-35(34)44(32-10-6-8-30(22-32)40-20-28(26-46)16-18-48-40)38-24-42-36(23-37(38)43)33-11-3-4-14-41(33)49-42/h1-24H. The Hall–Kier alpha value is -7.08. The molecule has 0 atom stereocenters. The van der Waals surface area contributed by atoms with Gasteiger partial charge in [-0.1, -0.05) is 78.9 Å². The number of fused-ring (bicyclic) bond motifs is 5. The third-order valence-corrected chi connectivity index (χ3v) is 9.19. The number of hydrogen-bond acceptors (Lipinski definition) is 5. The number of benzene rings is 6. The maximum Gasteiger partial charge on any atom is 0.136 e. The van der Waals surface area contributed by atoms with Crippen LogP contribution in [0.15, 0.2) is 150 Å². The van der Waals surface area contributed by atoms with Gasteiger partial charge in [0.05, 0.1) is 34.7 Å². The first-order valence-electron chi connectivity index (χ1n) is 15.9. The molecule has 0 bridgehead atoms. The highest BCUT2D eigenvalue weighted by molar-refractivity contribution is 6.25. The molecule has 0 fully saturated rings. The molecule has 0 saturated heterocycles. The lowest BCUT2D eigenvalue weighted by Crippen LogP contribution is -1.93. The Morgan fingerprint density at radius 3 is 1.49 bits per heavy atom. The monoisotopic (exact) mass is 624 g/mol. The summed E-state index contributed by atoms with van der Waals surface area (Å²) in [5, 5.41) is 25.6. The number of furan rings is 1. The minimum Gasteiger partial charge on any atom is -0.456 e. The molecule has 0 spiro atoms. The summed E-state index contributed by atoms with van der Waals surface area (Å²) >= 11 is 0. The molecule has 0 aliphatic rings. The zero-order chi connectivity index (χ0) is 32.9. The topological polar surface area (TPSA) is 86.5 Å². The van der Waals surface area contributed by atoms with Crippen LogP contribution in [-0.4, -0.2) is 9.97 Å². The van der Waals surface area contributed by atoms with Gasteiger partial charge < -0.3 is 4.42 Å². The second-order valence-electron chi connectivity index (χ2n) is 12.0. The van der Waals surface area contributed by atoms with Gasteiger partial charge in [-0.15, -0.1) is 0 Å². The van der Waals surface area contributed by atoms with E-state index in [1.54, 1.807) is 24.5 Å². The molecule has 3 aromatic heterocycles. The van der Waals surface area contributed by atoms with E-state index < -0.39 is 0 Å². The molecule has 0 saturated carbocycles. The molecule has 226 valence electrons.